The first-order valence-electron chi connectivity index (χ1n) is 6.47. The normalized spacial score (nSPS) is 19.4. The number of para-hydroxylation sites is 1. The number of aromatic carboxylic acids is 1. The van der Waals surface area contributed by atoms with Crippen LogP contribution in [0.2, 0.25) is 0 Å². The van der Waals surface area contributed by atoms with Gasteiger partial charge in [-0.2, -0.15) is 0 Å². The van der Waals surface area contributed by atoms with Gasteiger partial charge in [-0.1, -0.05) is 26.0 Å². The van der Waals surface area contributed by atoms with Crippen LogP contribution in [0.4, 0.5) is 0 Å². The molecule has 18 heavy (non-hydrogen) atoms. The fourth-order valence-corrected chi connectivity index (χ4v) is 2.42. The minimum Gasteiger partial charge on any atom is -0.490 e. The Balaban J connectivity index is 2.04. The van der Waals surface area contributed by atoms with E-state index >= 15 is 0 Å². The number of rotatable bonds is 3. The van der Waals surface area contributed by atoms with Gasteiger partial charge in [0.2, 0.25) is 0 Å². The van der Waals surface area contributed by atoms with Gasteiger partial charge in [0.05, 0.1) is 6.10 Å². The second-order valence-corrected chi connectivity index (χ2v) is 5.78. The van der Waals surface area contributed by atoms with Crippen molar-refractivity contribution in [3.63, 3.8) is 0 Å². The summed E-state index contributed by atoms with van der Waals surface area (Å²) in [4.78, 5) is 11.1. The standard InChI is InChI=1S/C15H20O3/c1-15(2)9-7-11(8-10-15)18-13-6-4-3-5-12(13)14(16)17/h3-6,11H,7-10H2,1-2H3,(H,16,17). The van der Waals surface area contributed by atoms with E-state index in [1.54, 1.807) is 18.2 Å². The fourth-order valence-electron chi connectivity index (χ4n) is 2.42. The molecule has 0 heterocycles. The number of hydrogen-bond acceptors (Lipinski definition) is 2. The van der Waals surface area contributed by atoms with Crippen molar-refractivity contribution in [2.45, 2.75) is 45.6 Å². The third kappa shape index (κ3) is 3.03. The van der Waals surface area contributed by atoms with Gasteiger partial charge >= 0.3 is 5.97 Å². The van der Waals surface area contributed by atoms with Crippen molar-refractivity contribution in [1.29, 1.82) is 0 Å². The van der Waals surface area contributed by atoms with Gasteiger partial charge in [-0.05, 0) is 43.2 Å². The molecule has 3 heteroatoms. The minimum atomic E-state index is -0.929. The molecule has 1 aliphatic rings. The second-order valence-electron chi connectivity index (χ2n) is 5.78. The van der Waals surface area contributed by atoms with Gasteiger partial charge in [0.25, 0.3) is 0 Å². The van der Waals surface area contributed by atoms with Crippen molar-refractivity contribution in [1.82, 2.24) is 0 Å². The van der Waals surface area contributed by atoms with Gasteiger partial charge in [-0.3, -0.25) is 0 Å². The number of carboxylic acid groups (broad SMARTS) is 1. The molecule has 1 fully saturated rings. The summed E-state index contributed by atoms with van der Waals surface area (Å²) < 4.78 is 5.86. The zero-order valence-corrected chi connectivity index (χ0v) is 11.0. The molecule has 2 rings (SSSR count). The van der Waals surface area contributed by atoms with E-state index in [2.05, 4.69) is 13.8 Å². The summed E-state index contributed by atoms with van der Waals surface area (Å²) in [7, 11) is 0. The number of carbonyl (C=O) groups is 1. The Hall–Kier alpha value is -1.51. The lowest BCUT2D eigenvalue weighted by Gasteiger charge is -2.34. The average molecular weight is 248 g/mol. The molecule has 0 bridgehead atoms. The Labute approximate surface area is 108 Å². The van der Waals surface area contributed by atoms with E-state index in [0.29, 0.717) is 11.2 Å². The summed E-state index contributed by atoms with van der Waals surface area (Å²) in [6.45, 7) is 4.54. The van der Waals surface area contributed by atoms with E-state index in [-0.39, 0.29) is 11.7 Å². The van der Waals surface area contributed by atoms with Crippen LogP contribution in [0.1, 0.15) is 49.9 Å². The summed E-state index contributed by atoms with van der Waals surface area (Å²) in [5, 5.41) is 9.10. The van der Waals surface area contributed by atoms with E-state index < -0.39 is 5.97 Å². The lowest BCUT2D eigenvalue weighted by atomic mass is 9.76. The summed E-state index contributed by atoms with van der Waals surface area (Å²) in [5.74, 6) is -0.434. The SMILES string of the molecule is CC1(C)CCC(Oc2ccccc2C(=O)O)CC1. The van der Waals surface area contributed by atoms with Crippen LogP contribution in [0, 0.1) is 5.41 Å². The van der Waals surface area contributed by atoms with Crippen molar-refractivity contribution < 1.29 is 14.6 Å². The number of benzene rings is 1. The first kappa shape index (κ1) is 12.9. The van der Waals surface area contributed by atoms with Gasteiger partial charge in [-0.25, -0.2) is 4.79 Å². The lowest BCUT2D eigenvalue weighted by molar-refractivity contribution is 0.0674. The molecule has 0 spiro atoms. The Kier molecular flexibility index (Phi) is 3.60. The van der Waals surface area contributed by atoms with Gasteiger partial charge in [0.15, 0.2) is 0 Å². The smallest absolute Gasteiger partial charge is 0.339 e. The van der Waals surface area contributed by atoms with Crippen LogP contribution < -0.4 is 4.74 Å². The highest BCUT2D eigenvalue weighted by atomic mass is 16.5. The zero-order valence-electron chi connectivity index (χ0n) is 11.0. The second kappa shape index (κ2) is 5.01. The number of hydrogen-bond donors (Lipinski definition) is 1. The molecule has 0 aromatic heterocycles. The summed E-state index contributed by atoms with van der Waals surface area (Å²) in [6.07, 6.45) is 4.42. The maximum Gasteiger partial charge on any atom is 0.339 e. The van der Waals surface area contributed by atoms with Crippen molar-refractivity contribution in [2.75, 3.05) is 0 Å². The average Bonchev–Trinajstić information content (AvgIpc) is 2.32. The molecule has 0 amide bonds. The molecular weight excluding hydrogens is 228 g/mol. The maximum atomic E-state index is 11.1. The fraction of sp³-hybridized carbons (Fsp3) is 0.533. The molecule has 1 saturated carbocycles. The van der Waals surface area contributed by atoms with Gasteiger partial charge in [0.1, 0.15) is 11.3 Å². The molecular formula is C15H20O3. The van der Waals surface area contributed by atoms with Gasteiger partial charge < -0.3 is 9.84 Å². The molecule has 98 valence electrons. The van der Waals surface area contributed by atoms with Crippen molar-refractivity contribution in [2.24, 2.45) is 5.41 Å². The summed E-state index contributed by atoms with van der Waals surface area (Å²) in [6, 6.07) is 6.86. The Morgan fingerprint density at radius 3 is 2.50 bits per heavy atom. The van der Waals surface area contributed by atoms with Gasteiger partial charge in [-0.15, -0.1) is 0 Å². The molecule has 3 nitrogen and oxygen atoms in total. The molecule has 1 aromatic carbocycles. The minimum absolute atomic E-state index is 0.151. The molecule has 1 aromatic rings. The van der Waals surface area contributed by atoms with E-state index in [0.717, 1.165) is 25.7 Å². The molecule has 0 atom stereocenters. The van der Waals surface area contributed by atoms with E-state index in [4.69, 9.17) is 9.84 Å². The van der Waals surface area contributed by atoms with Crippen LogP contribution in [0.3, 0.4) is 0 Å². The monoisotopic (exact) mass is 248 g/mol. The largest absolute Gasteiger partial charge is 0.490 e. The molecule has 0 aliphatic heterocycles. The quantitative estimate of drug-likeness (QED) is 0.886. The molecule has 1 N–H and O–H groups in total. The Bertz CT molecular complexity index is 427. The van der Waals surface area contributed by atoms with Crippen molar-refractivity contribution in [3.8, 4) is 5.75 Å². The highest BCUT2D eigenvalue weighted by molar-refractivity contribution is 5.90. The zero-order chi connectivity index (χ0) is 13.2. The highest BCUT2D eigenvalue weighted by Crippen LogP contribution is 2.36. The van der Waals surface area contributed by atoms with Crippen molar-refractivity contribution >= 4 is 5.97 Å². The van der Waals surface area contributed by atoms with Crippen molar-refractivity contribution in [3.05, 3.63) is 29.8 Å². The van der Waals surface area contributed by atoms with E-state index in [1.807, 2.05) is 6.07 Å². The lowest BCUT2D eigenvalue weighted by Crippen LogP contribution is -2.28. The highest BCUT2D eigenvalue weighted by Gasteiger charge is 2.28. The topological polar surface area (TPSA) is 46.5 Å². The van der Waals surface area contributed by atoms with Crippen LogP contribution in [0.25, 0.3) is 0 Å². The first-order valence-corrected chi connectivity index (χ1v) is 6.47. The van der Waals surface area contributed by atoms with Crippen LogP contribution in [-0.2, 0) is 0 Å². The Morgan fingerprint density at radius 1 is 1.28 bits per heavy atom. The maximum absolute atomic E-state index is 11.1. The van der Waals surface area contributed by atoms with Crippen LogP contribution >= 0.6 is 0 Å². The third-order valence-electron chi connectivity index (χ3n) is 3.70. The summed E-state index contributed by atoms with van der Waals surface area (Å²) >= 11 is 0. The predicted octanol–water partition coefficient (Wildman–Crippen LogP) is 3.73. The van der Waals surface area contributed by atoms with Crippen LogP contribution in [0.5, 0.6) is 5.75 Å². The first-order chi connectivity index (χ1) is 8.48. The molecule has 0 saturated heterocycles. The molecule has 1 aliphatic carbocycles. The Morgan fingerprint density at radius 2 is 1.89 bits per heavy atom. The van der Waals surface area contributed by atoms with E-state index in [1.165, 1.54) is 0 Å². The van der Waals surface area contributed by atoms with Crippen LogP contribution in [-0.4, -0.2) is 17.2 Å². The summed E-state index contributed by atoms with van der Waals surface area (Å²) in [5.41, 5.74) is 0.647. The van der Waals surface area contributed by atoms with Gasteiger partial charge in [0, 0.05) is 0 Å². The number of carboxylic acids is 1. The predicted molar refractivity (Wildman–Crippen MR) is 70.1 cm³/mol. The molecule has 0 radical (unpaired) electrons. The van der Waals surface area contributed by atoms with E-state index in [9.17, 15) is 4.79 Å². The number of ether oxygens (including phenoxy) is 1. The molecule has 0 unspecified atom stereocenters. The van der Waals surface area contributed by atoms with Crippen LogP contribution in [0.15, 0.2) is 24.3 Å². The third-order valence-corrected chi connectivity index (χ3v) is 3.70.